The summed E-state index contributed by atoms with van der Waals surface area (Å²) in [6.45, 7) is 11.0. The monoisotopic (exact) mass is 272 g/mol. The maximum absolute atomic E-state index is 11.7. The summed E-state index contributed by atoms with van der Waals surface area (Å²) >= 11 is 0. The molecule has 0 aromatic heterocycles. The number of carboxylic acid groups (broad SMARTS) is 1. The third-order valence-corrected chi connectivity index (χ3v) is 3.39. The van der Waals surface area contributed by atoms with Crippen molar-refractivity contribution in [2.24, 2.45) is 17.8 Å². The number of urea groups is 1. The van der Waals surface area contributed by atoms with E-state index in [4.69, 9.17) is 5.11 Å². The van der Waals surface area contributed by atoms with Gasteiger partial charge in [0.15, 0.2) is 0 Å². The third kappa shape index (κ3) is 7.03. The number of hydrogen-bond donors (Lipinski definition) is 3. The van der Waals surface area contributed by atoms with Gasteiger partial charge in [-0.3, -0.25) is 0 Å². The maximum atomic E-state index is 11.7. The first-order valence-corrected chi connectivity index (χ1v) is 7.06. The van der Waals surface area contributed by atoms with Crippen LogP contribution in [-0.2, 0) is 4.79 Å². The van der Waals surface area contributed by atoms with E-state index in [1.807, 2.05) is 6.92 Å². The largest absolute Gasteiger partial charge is 0.480 e. The highest BCUT2D eigenvalue weighted by Gasteiger charge is 2.21. The van der Waals surface area contributed by atoms with Crippen LogP contribution in [0.3, 0.4) is 0 Å². The smallest absolute Gasteiger partial charge is 0.326 e. The minimum absolute atomic E-state index is 0.389. The van der Waals surface area contributed by atoms with E-state index in [1.54, 1.807) is 0 Å². The molecule has 0 aliphatic rings. The van der Waals surface area contributed by atoms with E-state index < -0.39 is 18.0 Å². The standard InChI is InChI=1S/C14H28N2O3/c1-6-7-12(13(17)18)16-14(19)15-8-11(9(2)3)10(4)5/h9-12H,6-8H2,1-5H3,(H,17,18)(H2,15,16,19). The first-order valence-electron chi connectivity index (χ1n) is 7.06. The van der Waals surface area contributed by atoms with Crippen LogP contribution in [0.2, 0.25) is 0 Å². The van der Waals surface area contributed by atoms with Gasteiger partial charge in [-0.15, -0.1) is 0 Å². The van der Waals surface area contributed by atoms with Crippen molar-refractivity contribution in [1.29, 1.82) is 0 Å². The number of carboxylic acids is 1. The Bertz CT molecular complexity index is 282. The Balaban J connectivity index is 4.26. The zero-order chi connectivity index (χ0) is 15.0. The Morgan fingerprint density at radius 3 is 2.00 bits per heavy atom. The maximum Gasteiger partial charge on any atom is 0.326 e. The Labute approximate surface area is 116 Å². The zero-order valence-electron chi connectivity index (χ0n) is 12.7. The third-order valence-electron chi connectivity index (χ3n) is 3.39. The predicted octanol–water partition coefficient (Wildman–Crippen LogP) is 2.47. The summed E-state index contributed by atoms with van der Waals surface area (Å²) in [5.41, 5.74) is 0. The summed E-state index contributed by atoms with van der Waals surface area (Å²) in [5, 5.41) is 14.2. The molecule has 0 saturated carbocycles. The number of amides is 2. The molecule has 0 aromatic rings. The normalized spacial score (nSPS) is 12.8. The fraction of sp³-hybridized carbons (Fsp3) is 0.857. The Morgan fingerprint density at radius 1 is 1.11 bits per heavy atom. The van der Waals surface area contributed by atoms with Crippen molar-refractivity contribution >= 4 is 12.0 Å². The van der Waals surface area contributed by atoms with E-state index >= 15 is 0 Å². The predicted molar refractivity (Wildman–Crippen MR) is 76.0 cm³/mol. The van der Waals surface area contributed by atoms with Gasteiger partial charge in [-0.25, -0.2) is 9.59 Å². The van der Waals surface area contributed by atoms with Gasteiger partial charge in [0.2, 0.25) is 0 Å². The molecule has 0 fully saturated rings. The highest BCUT2D eigenvalue weighted by atomic mass is 16.4. The van der Waals surface area contributed by atoms with Crippen LogP contribution in [0.4, 0.5) is 4.79 Å². The van der Waals surface area contributed by atoms with Gasteiger partial charge in [-0.1, -0.05) is 41.0 Å². The lowest BCUT2D eigenvalue weighted by atomic mass is 9.85. The first kappa shape index (κ1) is 17.7. The topological polar surface area (TPSA) is 78.4 Å². The van der Waals surface area contributed by atoms with E-state index in [0.717, 1.165) is 6.42 Å². The number of rotatable bonds is 8. The number of carbonyl (C=O) groups excluding carboxylic acids is 1. The molecule has 1 unspecified atom stereocenters. The number of aliphatic carboxylic acids is 1. The molecule has 5 nitrogen and oxygen atoms in total. The second-order valence-electron chi connectivity index (χ2n) is 5.69. The van der Waals surface area contributed by atoms with Crippen LogP contribution in [0.5, 0.6) is 0 Å². The average Bonchev–Trinajstić information content (AvgIpc) is 2.27. The molecular weight excluding hydrogens is 244 g/mol. The van der Waals surface area contributed by atoms with Gasteiger partial charge in [0, 0.05) is 6.54 Å². The molecule has 5 heteroatoms. The van der Waals surface area contributed by atoms with E-state index in [-0.39, 0.29) is 0 Å². The van der Waals surface area contributed by atoms with Gasteiger partial charge in [-0.05, 0) is 24.2 Å². The van der Waals surface area contributed by atoms with Crippen molar-refractivity contribution in [2.75, 3.05) is 6.54 Å². The summed E-state index contributed by atoms with van der Waals surface area (Å²) in [4.78, 5) is 22.6. The van der Waals surface area contributed by atoms with Crippen LogP contribution < -0.4 is 10.6 Å². The van der Waals surface area contributed by atoms with Gasteiger partial charge in [0.05, 0.1) is 0 Å². The molecule has 0 rings (SSSR count). The Morgan fingerprint density at radius 2 is 1.63 bits per heavy atom. The molecule has 1 atom stereocenters. The van der Waals surface area contributed by atoms with Gasteiger partial charge in [-0.2, -0.15) is 0 Å². The van der Waals surface area contributed by atoms with Crippen LogP contribution >= 0.6 is 0 Å². The molecule has 112 valence electrons. The van der Waals surface area contributed by atoms with Crippen molar-refractivity contribution in [3.63, 3.8) is 0 Å². The molecule has 2 amide bonds. The van der Waals surface area contributed by atoms with Crippen molar-refractivity contribution in [3.05, 3.63) is 0 Å². The summed E-state index contributed by atoms with van der Waals surface area (Å²) < 4.78 is 0. The van der Waals surface area contributed by atoms with E-state index in [9.17, 15) is 9.59 Å². The molecule has 3 N–H and O–H groups in total. The minimum Gasteiger partial charge on any atom is -0.480 e. The SMILES string of the molecule is CCCC(NC(=O)NCC(C(C)C)C(C)C)C(=O)O. The summed E-state index contributed by atoms with van der Waals surface area (Å²) in [6, 6.07) is -1.20. The summed E-state index contributed by atoms with van der Waals surface area (Å²) in [7, 11) is 0. The number of hydrogen-bond acceptors (Lipinski definition) is 2. The zero-order valence-corrected chi connectivity index (χ0v) is 12.7. The highest BCUT2D eigenvalue weighted by molar-refractivity contribution is 5.82. The van der Waals surface area contributed by atoms with Crippen molar-refractivity contribution < 1.29 is 14.7 Å². The molecule has 0 bridgehead atoms. The van der Waals surface area contributed by atoms with Crippen LogP contribution in [0.25, 0.3) is 0 Å². The summed E-state index contributed by atoms with van der Waals surface area (Å²) in [6.07, 6.45) is 1.17. The van der Waals surface area contributed by atoms with Crippen LogP contribution in [-0.4, -0.2) is 29.7 Å². The molecule has 19 heavy (non-hydrogen) atoms. The van der Waals surface area contributed by atoms with Crippen molar-refractivity contribution in [3.8, 4) is 0 Å². The van der Waals surface area contributed by atoms with Crippen molar-refractivity contribution in [2.45, 2.75) is 53.5 Å². The lowest BCUT2D eigenvalue weighted by Crippen LogP contribution is -2.47. The molecule has 0 aromatic carbocycles. The fourth-order valence-electron chi connectivity index (χ4n) is 2.21. The first-order chi connectivity index (χ1) is 8.79. The van der Waals surface area contributed by atoms with E-state index in [1.165, 1.54) is 0 Å². The quantitative estimate of drug-likeness (QED) is 0.635. The molecule has 0 saturated heterocycles. The van der Waals surface area contributed by atoms with Crippen LogP contribution in [0.1, 0.15) is 47.5 Å². The molecule has 0 radical (unpaired) electrons. The highest BCUT2D eigenvalue weighted by Crippen LogP contribution is 2.19. The van der Waals surface area contributed by atoms with Gasteiger partial charge in [0.1, 0.15) is 6.04 Å². The second kappa shape index (κ2) is 8.77. The molecule has 0 aliphatic carbocycles. The molecule has 0 heterocycles. The van der Waals surface area contributed by atoms with Crippen LogP contribution in [0.15, 0.2) is 0 Å². The number of carbonyl (C=O) groups is 2. The van der Waals surface area contributed by atoms with Gasteiger partial charge < -0.3 is 15.7 Å². The van der Waals surface area contributed by atoms with Gasteiger partial charge >= 0.3 is 12.0 Å². The Hall–Kier alpha value is -1.26. The Kier molecular flexibility index (Phi) is 8.19. The molecular formula is C14H28N2O3. The van der Waals surface area contributed by atoms with Gasteiger partial charge in [0.25, 0.3) is 0 Å². The lowest BCUT2D eigenvalue weighted by molar-refractivity contribution is -0.139. The molecule has 0 spiro atoms. The van der Waals surface area contributed by atoms with Crippen molar-refractivity contribution in [1.82, 2.24) is 10.6 Å². The molecule has 0 aliphatic heterocycles. The minimum atomic E-state index is -0.985. The van der Waals surface area contributed by atoms with E-state index in [0.29, 0.717) is 30.7 Å². The van der Waals surface area contributed by atoms with Crippen LogP contribution in [0, 0.1) is 17.8 Å². The van der Waals surface area contributed by atoms with E-state index in [2.05, 4.69) is 38.3 Å². The average molecular weight is 272 g/mol. The second-order valence-corrected chi connectivity index (χ2v) is 5.69. The lowest BCUT2D eigenvalue weighted by Gasteiger charge is -2.25. The summed E-state index contributed by atoms with van der Waals surface area (Å²) in [5.74, 6) is 0.360. The number of nitrogens with one attached hydrogen (secondary N) is 2. The fourth-order valence-corrected chi connectivity index (χ4v) is 2.21.